The molecule has 35 heavy (non-hydrogen) atoms. The minimum Gasteiger partial charge on any atom is -0.497 e. The maximum absolute atomic E-state index is 13.9. The number of carbonyl (C=O) groups excluding carboxylic acids is 2. The summed E-state index contributed by atoms with van der Waals surface area (Å²) >= 11 is 0. The second kappa shape index (κ2) is 11.2. The van der Waals surface area contributed by atoms with Gasteiger partial charge in [-0.1, -0.05) is 42.5 Å². The summed E-state index contributed by atoms with van der Waals surface area (Å²) < 4.78 is 19.1. The zero-order valence-corrected chi connectivity index (χ0v) is 20.2. The molecule has 0 bridgehead atoms. The molecule has 1 aliphatic heterocycles. The number of methoxy groups -OCH3 is 1. The summed E-state index contributed by atoms with van der Waals surface area (Å²) in [6, 6.07) is 22.0. The van der Waals surface area contributed by atoms with E-state index < -0.39 is 0 Å². The second-order valence-corrected chi connectivity index (χ2v) is 9.10. The number of hydrogen-bond donors (Lipinski definition) is 1. The summed E-state index contributed by atoms with van der Waals surface area (Å²) in [6.45, 7) is 3.10. The van der Waals surface area contributed by atoms with Gasteiger partial charge in [0.05, 0.1) is 13.0 Å². The van der Waals surface area contributed by atoms with Gasteiger partial charge in [0.2, 0.25) is 5.91 Å². The van der Waals surface area contributed by atoms with E-state index in [0.29, 0.717) is 43.6 Å². The molecular weight excluding hydrogens is 443 g/mol. The largest absolute Gasteiger partial charge is 0.497 e. The molecule has 4 rings (SSSR count). The van der Waals surface area contributed by atoms with Gasteiger partial charge < -0.3 is 15.0 Å². The van der Waals surface area contributed by atoms with Crippen LogP contribution < -0.4 is 10.1 Å². The first kappa shape index (κ1) is 24.5. The Balaban J connectivity index is 1.47. The summed E-state index contributed by atoms with van der Waals surface area (Å²) in [5, 5.41) is 3.05. The third kappa shape index (κ3) is 6.07. The van der Waals surface area contributed by atoms with E-state index in [1.807, 2.05) is 48.5 Å². The zero-order valence-electron chi connectivity index (χ0n) is 20.2. The number of nitrogens with one attached hydrogen (secondary N) is 1. The van der Waals surface area contributed by atoms with Crippen LogP contribution in [0.25, 0.3) is 0 Å². The van der Waals surface area contributed by atoms with Gasteiger partial charge in [0.15, 0.2) is 0 Å². The summed E-state index contributed by atoms with van der Waals surface area (Å²) in [5.41, 5.74) is 3.22. The van der Waals surface area contributed by atoms with Crippen LogP contribution in [0.4, 0.5) is 4.39 Å². The molecule has 0 spiro atoms. The quantitative estimate of drug-likeness (QED) is 0.538. The predicted octanol–water partition coefficient (Wildman–Crippen LogP) is 4.75. The summed E-state index contributed by atoms with van der Waals surface area (Å²) in [6.07, 6.45) is 1.31. The molecule has 1 fully saturated rings. The Bertz CT molecular complexity index is 1160. The van der Waals surface area contributed by atoms with Gasteiger partial charge in [0.1, 0.15) is 11.6 Å². The summed E-state index contributed by atoms with van der Waals surface area (Å²) in [5.74, 6) is -0.00592. The average molecular weight is 475 g/mol. The number of piperidine rings is 1. The molecule has 1 saturated heterocycles. The van der Waals surface area contributed by atoms with Gasteiger partial charge in [0.25, 0.3) is 5.91 Å². The minimum absolute atomic E-state index is 0.0481. The van der Waals surface area contributed by atoms with E-state index in [0.717, 1.165) is 16.9 Å². The molecule has 182 valence electrons. The van der Waals surface area contributed by atoms with Crippen LogP contribution in [0.3, 0.4) is 0 Å². The van der Waals surface area contributed by atoms with Crippen LogP contribution in [0, 0.1) is 18.7 Å². The maximum Gasteiger partial charge on any atom is 0.253 e. The summed E-state index contributed by atoms with van der Waals surface area (Å²) in [4.78, 5) is 28.2. The molecule has 3 aromatic carbocycles. The van der Waals surface area contributed by atoms with Crippen molar-refractivity contribution in [1.29, 1.82) is 0 Å². The van der Waals surface area contributed by atoms with Crippen molar-refractivity contribution in [3.05, 3.63) is 101 Å². The van der Waals surface area contributed by atoms with Crippen LogP contribution in [0.2, 0.25) is 0 Å². The van der Waals surface area contributed by atoms with Crippen molar-refractivity contribution in [2.75, 3.05) is 26.7 Å². The molecule has 1 heterocycles. The lowest BCUT2D eigenvalue weighted by Gasteiger charge is -2.37. The Morgan fingerprint density at radius 2 is 1.77 bits per heavy atom. The molecule has 3 aromatic rings. The van der Waals surface area contributed by atoms with E-state index in [1.54, 1.807) is 37.1 Å². The van der Waals surface area contributed by atoms with E-state index in [4.69, 9.17) is 4.74 Å². The lowest BCUT2D eigenvalue weighted by atomic mass is 9.83. The van der Waals surface area contributed by atoms with E-state index in [-0.39, 0.29) is 29.5 Å². The number of likely N-dealkylation sites (tertiary alicyclic amines) is 1. The first-order chi connectivity index (χ1) is 16.9. The topological polar surface area (TPSA) is 58.6 Å². The molecule has 2 unspecified atom stereocenters. The fraction of sp³-hybridized carbons (Fsp3) is 0.310. The molecule has 0 aromatic heterocycles. The Morgan fingerprint density at radius 3 is 2.46 bits per heavy atom. The van der Waals surface area contributed by atoms with Crippen molar-refractivity contribution in [3.63, 3.8) is 0 Å². The van der Waals surface area contributed by atoms with Crippen LogP contribution in [-0.4, -0.2) is 43.5 Å². The van der Waals surface area contributed by atoms with Crippen molar-refractivity contribution in [1.82, 2.24) is 10.2 Å². The van der Waals surface area contributed by atoms with Crippen LogP contribution in [0.1, 0.15) is 39.4 Å². The van der Waals surface area contributed by atoms with Crippen LogP contribution in [-0.2, 0) is 11.2 Å². The van der Waals surface area contributed by atoms with Crippen molar-refractivity contribution < 1.29 is 18.7 Å². The fourth-order valence-electron chi connectivity index (χ4n) is 4.65. The second-order valence-electron chi connectivity index (χ2n) is 9.10. The first-order valence-electron chi connectivity index (χ1n) is 12.0. The number of aryl methyl sites for hydroxylation is 1. The average Bonchev–Trinajstić information content (AvgIpc) is 2.90. The van der Waals surface area contributed by atoms with Crippen molar-refractivity contribution >= 4 is 11.8 Å². The highest BCUT2D eigenvalue weighted by atomic mass is 19.1. The SMILES string of the molecule is COc1ccc(CCNC(=O)C2CC(c3ccc(F)c(C)c3)CN(C(=O)c3ccccc3)C2)cc1. The number of ether oxygens (including phenoxy) is 1. The molecule has 0 radical (unpaired) electrons. The summed E-state index contributed by atoms with van der Waals surface area (Å²) in [7, 11) is 1.63. The van der Waals surface area contributed by atoms with E-state index in [2.05, 4.69) is 5.32 Å². The van der Waals surface area contributed by atoms with Crippen LogP contribution in [0.5, 0.6) is 5.75 Å². The van der Waals surface area contributed by atoms with Gasteiger partial charge in [0, 0.05) is 31.1 Å². The Hall–Kier alpha value is -3.67. The molecule has 2 amide bonds. The van der Waals surface area contributed by atoms with E-state index in [1.165, 1.54) is 6.07 Å². The molecule has 1 N–H and O–H groups in total. The van der Waals surface area contributed by atoms with Gasteiger partial charge in [-0.15, -0.1) is 0 Å². The molecule has 0 aliphatic carbocycles. The lowest BCUT2D eigenvalue weighted by Crippen LogP contribution is -2.48. The highest BCUT2D eigenvalue weighted by molar-refractivity contribution is 5.94. The number of nitrogens with zero attached hydrogens (tertiary/aromatic N) is 1. The highest BCUT2D eigenvalue weighted by Crippen LogP contribution is 2.32. The van der Waals surface area contributed by atoms with Gasteiger partial charge in [-0.05, 0) is 66.8 Å². The molecular formula is C29H31FN2O3. The van der Waals surface area contributed by atoms with Gasteiger partial charge in [-0.3, -0.25) is 9.59 Å². The molecule has 0 saturated carbocycles. The number of halogens is 1. The zero-order chi connectivity index (χ0) is 24.8. The monoisotopic (exact) mass is 474 g/mol. The minimum atomic E-state index is -0.345. The standard InChI is InChI=1S/C29H31FN2O3/c1-20-16-23(10-13-27(20)30)24-17-25(19-32(18-24)29(34)22-6-4-3-5-7-22)28(33)31-15-14-21-8-11-26(35-2)12-9-21/h3-13,16,24-25H,14-15,17-19H2,1-2H3,(H,31,33). The van der Waals surface area contributed by atoms with Gasteiger partial charge in [-0.25, -0.2) is 4.39 Å². The van der Waals surface area contributed by atoms with Crippen molar-refractivity contribution in [2.45, 2.75) is 25.7 Å². The Labute approximate surface area is 205 Å². The molecule has 6 heteroatoms. The third-order valence-electron chi connectivity index (χ3n) is 6.65. The smallest absolute Gasteiger partial charge is 0.253 e. The van der Waals surface area contributed by atoms with Crippen molar-refractivity contribution in [2.24, 2.45) is 5.92 Å². The number of amides is 2. The number of benzene rings is 3. The normalized spacial score (nSPS) is 17.6. The van der Waals surface area contributed by atoms with E-state index >= 15 is 0 Å². The first-order valence-corrected chi connectivity index (χ1v) is 12.0. The molecule has 2 atom stereocenters. The Kier molecular flexibility index (Phi) is 7.80. The highest BCUT2D eigenvalue weighted by Gasteiger charge is 2.35. The van der Waals surface area contributed by atoms with Gasteiger partial charge >= 0.3 is 0 Å². The number of carbonyl (C=O) groups is 2. The number of rotatable bonds is 7. The third-order valence-corrected chi connectivity index (χ3v) is 6.65. The van der Waals surface area contributed by atoms with Crippen LogP contribution in [0.15, 0.2) is 72.8 Å². The number of hydrogen-bond acceptors (Lipinski definition) is 3. The molecule has 1 aliphatic rings. The van der Waals surface area contributed by atoms with E-state index in [9.17, 15) is 14.0 Å². The lowest BCUT2D eigenvalue weighted by molar-refractivity contribution is -0.126. The molecule has 5 nitrogen and oxygen atoms in total. The van der Waals surface area contributed by atoms with Crippen molar-refractivity contribution in [3.8, 4) is 5.75 Å². The maximum atomic E-state index is 13.9. The predicted molar refractivity (Wildman–Crippen MR) is 134 cm³/mol. The Morgan fingerprint density at radius 1 is 1.03 bits per heavy atom. The van der Waals surface area contributed by atoms with Gasteiger partial charge in [-0.2, -0.15) is 0 Å². The fourth-order valence-corrected chi connectivity index (χ4v) is 4.65. The van der Waals surface area contributed by atoms with Crippen LogP contribution >= 0.6 is 0 Å².